The van der Waals surface area contributed by atoms with Crippen LogP contribution in [0.4, 0.5) is 0 Å². The van der Waals surface area contributed by atoms with Gasteiger partial charge in [-0.15, -0.1) is 0 Å². The molecule has 0 unspecified atom stereocenters. The van der Waals surface area contributed by atoms with Crippen LogP contribution in [0, 0.1) is 0 Å². The maximum absolute atomic E-state index is 3.64. The highest BCUT2D eigenvalue weighted by atomic mass is 15.1. The van der Waals surface area contributed by atoms with Gasteiger partial charge >= 0.3 is 0 Å². The van der Waals surface area contributed by atoms with Crippen molar-refractivity contribution in [2.24, 2.45) is 7.05 Å². The lowest BCUT2D eigenvalue weighted by molar-refractivity contribution is -0.686. The Kier molecular flexibility index (Phi) is 3.43. The highest BCUT2D eigenvalue weighted by Crippen LogP contribution is 1.76. The zero-order valence-corrected chi connectivity index (χ0v) is 6.33. The predicted molar refractivity (Wildman–Crippen MR) is 40.8 cm³/mol. The van der Waals surface area contributed by atoms with E-state index in [4.69, 9.17) is 0 Å². The molecule has 0 atom stereocenters. The molecule has 0 spiro atoms. The van der Waals surface area contributed by atoms with Crippen molar-refractivity contribution in [3.05, 3.63) is 31.4 Å². The Morgan fingerprint density at radius 1 is 1.70 bits per heavy atom. The van der Waals surface area contributed by atoms with E-state index in [2.05, 4.69) is 11.1 Å². The topological polar surface area (TPSA) is 43.8 Å². The van der Waals surface area contributed by atoms with Gasteiger partial charge in [-0.1, -0.05) is 12.7 Å². The number of hydrogen-bond donors (Lipinski definition) is 1. The molecule has 0 saturated carbocycles. The summed E-state index contributed by atoms with van der Waals surface area (Å²) >= 11 is 0. The minimum Gasteiger partial charge on any atom is -0.344 e. The van der Waals surface area contributed by atoms with Gasteiger partial charge in [0.25, 0.3) is 0 Å². The number of nitrogens with zero attached hydrogens (tertiary/aromatic N) is 2. The van der Waals surface area contributed by atoms with Crippen LogP contribution < -0.4 is 10.7 Å². The standard InChI is InChI=1S/C7H11N2.H3N/c1-3-4-9-6-5-8(2)7-9;/h3,5-7H,1,4H2,2H3;1H3/q+1;. The Bertz CT molecular complexity index is 202. The van der Waals surface area contributed by atoms with E-state index in [0.717, 1.165) is 6.54 Å². The molecular formula is C7H14N3+. The van der Waals surface area contributed by atoms with Crippen LogP contribution >= 0.6 is 0 Å². The molecular weight excluding hydrogens is 126 g/mol. The summed E-state index contributed by atoms with van der Waals surface area (Å²) in [6, 6.07) is 0. The van der Waals surface area contributed by atoms with Crippen LogP contribution in [0.15, 0.2) is 31.4 Å². The second-order valence-electron chi connectivity index (χ2n) is 2.06. The minimum absolute atomic E-state index is 0. The molecule has 3 heteroatoms. The first-order valence-electron chi connectivity index (χ1n) is 2.95. The molecule has 0 radical (unpaired) electrons. The lowest BCUT2D eigenvalue weighted by Gasteiger charge is -1.83. The first-order chi connectivity index (χ1) is 4.33. The number of hydrogen-bond acceptors (Lipinski definition) is 1. The highest BCUT2D eigenvalue weighted by Gasteiger charge is 1.93. The molecule has 0 aliphatic heterocycles. The first-order valence-corrected chi connectivity index (χ1v) is 2.95. The summed E-state index contributed by atoms with van der Waals surface area (Å²) in [7, 11) is 2.00. The maximum Gasteiger partial charge on any atom is 0.243 e. The average Bonchev–Trinajstić information content (AvgIpc) is 2.17. The van der Waals surface area contributed by atoms with Crippen molar-refractivity contribution in [1.82, 2.24) is 10.7 Å². The monoisotopic (exact) mass is 140 g/mol. The molecule has 10 heavy (non-hydrogen) atoms. The van der Waals surface area contributed by atoms with Gasteiger partial charge in [0.05, 0.1) is 7.05 Å². The van der Waals surface area contributed by atoms with E-state index in [0.29, 0.717) is 0 Å². The molecule has 56 valence electrons. The van der Waals surface area contributed by atoms with Crippen LogP contribution in [0.1, 0.15) is 0 Å². The number of aryl methyl sites for hydroxylation is 1. The van der Waals surface area contributed by atoms with Gasteiger partial charge in [-0.05, 0) is 0 Å². The maximum atomic E-state index is 3.64. The molecule has 1 aromatic rings. The van der Waals surface area contributed by atoms with E-state index in [1.807, 2.05) is 36.4 Å². The molecule has 0 aliphatic rings. The molecule has 1 rings (SSSR count). The fourth-order valence-electron chi connectivity index (χ4n) is 0.759. The van der Waals surface area contributed by atoms with E-state index in [1.54, 1.807) is 0 Å². The van der Waals surface area contributed by atoms with Gasteiger partial charge in [-0.3, -0.25) is 0 Å². The second kappa shape index (κ2) is 3.85. The van der Waals surface area contributed by atoms with Gasteiger partial charge in [0.2, 0.25) is 6.33 Å². The number of aromatic nitrogens is 2. The van der Waals surface area contributed by atoms with Crippen molar-refractivity contribution in [2.45, 2.75) is 6.54 Å². The predicted octanol–water partition coefficient (Wildman–Crippen LogP) is 0.661. The van der Waals surface area contributed by atoms with Crippen LogP contribution in [0.5, 0.6) is 0 Å². The van der Waals surface area contributed by atoms with E-state index in [9.17, 15) is 0 Å². The molecule has 0 aliphatic carbocycles. The van der Waals surface area contributed by atoms with E-state index in [1.165, 1.54) is 0 Å². The third-order valence-corrected chi connectivity index (χ3v) is 1.16. The minimum atomic E-state index is 0. The molecule has 3 nitrogen and oxygen atoms in total. The van der Waals surface area contributed by atoms with Gasteiger partial charge in [0.1, 0.15) is 18.9 Å². The Morgan fingerprint density at radius 2 is 2.40 bits per heavy atom. The number of imidazole rings is 1. The average molecular weight is 140 g/mol. The fourth-order valence-corrected chi connectivity index (χ4v) is 0.759. The summed E-state index contributed by atoms with van der Waals surface area (Å²) in [6.45, 7) is 4.52. The van der Waals surface area contributed by atoms with Crippen LogP contribution in [-0.2, 0) is 13.6 Å². The largest absolute Gasteiger partial charge is 0.344 e. The Balaban J connectivity index is 0.000000810. The quantitative estimate of drug-likeness (QED) is 0.476. The Hall–Kier alpha value is -1.09. The number of rotatable bonds is 2. The lowest BCUT2D eigenvalue weighted by atomic mass is 10.6. The summed E-state index contributed by atoms with van der Waals surface area (Å²) in [5.41, 5.74) is 0. The smallest absolute Gasteiger partial charge is 0.243 e. The zero-order valence-electron chi connectivity index (χ0n) is 6.33. The van der Waals surface area contributed by atoms with Crippen molar-refractivity contribution in [2.75, 3.05) is 0 Å². The van der Waals surface area contributed by atoms with E-state index >= 15 is 0 Å². The molecule has 0 saturated heterocycles. The molecule has 3 N–H and O–H groups in total. The van der Waals surface area contributed by atoms with Crippen LogP contribution in [-0.4, -0.2) is 4.57 Å². The second-order valence-corrected chi connectivity index (χ2v) is 2.06. The SMILES string of the molecule is C=CC[n+]1ccn(C)c1.N. The molecule has 0 fully saturated rings. The normalized spacial score (nSPS) is 8.50. The van der Waals surface area contributed by atoms with Crippen LogP contribution in [0.25, 0.3) is 0 Å². The summed E-state index contributed by atoms with van der Waals surface area (Å²) in [5, 5.41) is 0. The van der Waals surface area contributed by atoms with Gasteiger partial charge in [-0.2, -0.15) is 0 Å². The summed E-state index contributed by atoms with van der Waals surface area (Å²) in [5.74, 6) is 0. The van der Waals surface area contributed by atoms with Gasteiger partial charge in [-0.25, -0.2) is 9.13 Å². The Labute approximate surface area is 61.2 Å². The van der Waals surface area contributed by atoms with Gasteiger partial charge in [0.15, 0.2) is 0 Å². The van der Waals surface area contributed by atoms with Crippen molar-refractivity contribution in [3.8, 4) is 0 Å². The highest BCUT2D eigenvalue weighted by molar-refractivity contribution is 4.65. The lowest BCUT2D eigenvalue weighted by Crippen LogP contribution is -2.29. The molecule has 1 aromatic heterocycles. The van der Waals surface area contributed by atoms with Gasteiger partial charge in [0, 0.05) is 0 Å². The third-order valence-electron chi connectivity index (χ3n) is 1.16. The van der Waals surface area contributed by atoms with Crippen molar-refractivity contribution in [1.29, 1.82) is 0 Å². The number of allylic oxidation sites excluding steroid dienone is 1. The van der Waals surface area contributed by atoms with Gasteiger partial charge < -0.3 is 6.15 Å². The van der Waals surface area contributed by atoms with Crippen molar-refractivity contribution in [3.63, 3.8) is 0 Å². The van der Waals surface area contributed by atoms with Crippen LogP contribution in [0.2, 0.25) is 0 Å². The fraction of sp³-hybridized carbons (Fsp3) is 0.286. The zero-order chi connectivity index (χ0) is 6.69. The first kappa shape index (κ1) is 8.91. The van der Waals surface area contributed by atoms with Crippen LogP contribution in [0.3, 0.4) is 0 Å². The summed E-state index contributed by atoms with van der Waals surface area (Å²) in [6.07, 6.45) is 7.91. The van der Waals surface area contributed by atoms with E-state index < -0.39 is 0 Å². The molecule has 0 aromatic carbocycles. The molecule has 0 bridgehead atoms. The molecule has 1 heterocycles. The Morgan fingerprint density at radius 3 is 2.80 bits per heavy atom. The van der Waals surface area contributed by atoms with Crippen molar-refractivity contribution >= 4 is 0 Å². The van der Waals surface area contributed by atoms with Crippen molar-refractivity contribution < 1.29 is 4.57 Å². The summed E-state index contributed by atoms with van der Waals surface area (Å²) < 4.78 is 4.07. The molecule has 0 amide bonds. The third kappa shape index (κ3) is 2.03. The summed E-state index contributed by atoms with van der Waals surface area (Å²) in [4.78, 5) is 0. The van der Waals surface area contributed by atoms with E-state index in [-0.39, 0.29) is 6.15 Å².